The highest BCUT2D eigenvalue weighted by Crippen LogP contribution is 2.42. The first-order valence-electron chi connectivity index (χ1n) is 19.9. The molecule has 0 saturated carbocycles. The molecule has 10 heteroatoms. The van der Waals surface area contributed by atoms with Gasteiger partial charge in [-0.2, -0.15) is 0 Å². The Bertz CT molecular complexity index is 1910. The molecular formula is C49H64O10. The van der Waals surface area contributed by atoms with Crippen LogP contribution in [0, 0.1) is 10.8 Å². The summed E-state index contributed by atoms with van der Waals surface area (Å²) in [5, 5.41) is 16.7. The average molecular weight is 813 g/mol. The largest absolute Gasteiger partial charge is 0.481 e. The second-order valence-electron chi connectivity index (χ2n) is 16.1. The van der Waals surface area contributed by atoms with Crippen molar-refractivity contribution in [1.82, 2.24) is 0 Å². The van der Waals surface area contributed by atoms with E-state index < -0.39 is 35.5 Å². The number of hydrogen-bond acceptors (Lipinski definition) is 8. The molecule has 2 rings (SSSR count). The summed E-state index contributed by atoms with van der Waals surface area (Å²) < 4.78 is 10.4. The molecule has 2 unspecified atom stereocenters. The predicted molar refractivity (Wildman–Crippen MR) is 233 cm³/mol. The van der Waals surface area contributed by atoms with Crippen molar-refractivity contribution < 1.29 is 48.5 Å². The summed E-state index contributed by atoms with van der Waals surface area (Å²) in [5.41, 5.74) is 6.48. The van der Waals surface area contributed by atoms with Gasteiger partial charge in [0.05, 0.1) is 12.8 Å². The monoisotopic (exact) mass is 812 g/mol. The quantitative estimate of drug-likeness (QED) is 0.0774. The molecule has 0 saturated heterocycles. The topological polar surface area (TPSA) is 161 Å². The minimum absolute atomic E-state index is 0.144. The average Bonchev–Trinajstić information content (AvgIpc) is 3.13. The number of rotatable bonds is 18. The number of carboxylic acid groups (broad SMARTS) is 2. The summed E-state index contributed by atoms with van der Waals surface area (Å²) in [6.07, 6.45) is 27.5. The molecule has 0 bridgehead atoms. The molecule has 0 aromatic heterocycles. The van der Waals surface area contributed by atoms with Gasteiger partial charge in [-0.15, -0.1) is 0 Å². The lowest BCUT2D eigenvalue weighted by molar-refractivity contribution is -0.157. The molecule has 0 radical (unpaired) electrons. The fraction of sp³-hybridized carbons (Fsp3) is 0.429. The van der Waals surface area contributed by atoms with Crippen LogP contribution in [-0.2, 0) is 38.2 Å². The van der Waals surface area contributed by atoms with E-state index in [0.29, 0.717) is 36.9 Å². The second-order valence-corrected chi connectivity index (χ2v) is 16.1. The highest BCUT2D eigenvalue weighted by atomic mass is 16.5. The Labute approximate surface area is 350 Å². The van der Waals surface area contributed by atoms with E-state index in [1.807, 2.05) is 134 Å². The van der Waals surface area contributed by atoms with Gasteiger partial charge in [0.15, 0.2) is 23.8 Å². The number of carbonyl (C=O) groups excluding carboxylic acids is 4. The zero-order chi connectivity index (χ0) is 44.9. The van der Waals surface area contributed by atoms with Crippen molar-refractivity contribution >= 4 is 35.9 Å². The normalized spacial score (nSPS) is 20.6. The summed E-state index contributed by atoms with van der Waals surface area (Å²) in [6.45, 7) is 21.8. The Hall–Kier alpha value is -5.64. The van der Waals surface area contributed by atoms with Gasteiger partial charge in [0.2, 0.25) is 0 Å². The predicted octanol–water partition coefficient (Wildman–Crippen LogP) is 10.4. The number of aliphatic carboxylic acids is 2. The molecule has 0 amide bonds. The molecule has 2 atom stereocenters. The zero-order valence-corrected chi connectivity index (χ0v) is 36.7. The fourth-order valence-electron chi connectivity index (χ4n) is 6.48. The maximum absolute atomic E-state index is 13.0. The van der Waals surface area contributed by atoms with Crippen molar-refractivity contribution in [2.75, 3.05) is 0 Å². The van der Waals surface area contributed by atoms with Crippen molar-refractivity contribution in [3.05, 3.63) is 130 Å². The highest BCUT2D eigenvalue weighted by Gasteiger charge is 2.40. The number of esters is 1. The Kier molecular flexibility index (Phi) is 21.8. The van der Waals surface area contributed by atoms with Gasteiger partial charge in [0.25, 0.3) is 6.47 Å². The van der Waals surface area contributed by atoms with Crippen molar-refractivity contribution in [3.63, 3.8) is 0 Å². The third kappa shape index (κ3) is 18.7. The van der Waals surface area contributed by atoms with Crippen molar-refractivity contribution in [2.45, 2.75) is 127 Å². The summed E-state index contributed by atoms with van der Waals surface area (Å²) in [7, 11) is 0. The smallest absolute Gasteiger partial charge is 0.307 e. The first-order chi connectivity index (χ1) is 27.6. The van der Waals surface area contributed by atoms with E-state index in [9.17, 15) is 28.8 Å². The van der Waals surface area contributed by atoms with Gasteiger partial charge in [0.1, 0.15) is 0 Å². The number of carboxylic acids is 2. The van der Waals surface area contributed by atoms with Crippen LogP contribution in [0.25, 0.3) is 0 Å². The second kappa shape index (κ2) is 25.0. The maximum atomic E-state index is 13.0. The first kappa shape index (κ1) is 51.4. The molecule has 0 fully saturated rings. The number of hydrogen-bond donors (Lipinski definition) is 2. The van der Waals surface area contributed by atoms with Crippen LogP contribution in [0.15, 0.2) is 130 Å². The molecule has 59 heavy (non-hydrogen) atoms. The van der Waals surface area contributed by atoms with E-state index in [1.54, 1.807) is 13.8 Å². The van der Waals surface area contributed by atoms with Crippen LogP contribution < -0.4 is 0 Å². The molecule has 2 aliphatic carbocycles. The maximum Gasteiger partial charge on any atom is 0.307 e. The van der Waals surface area contributed by atoms with Crippen LogP contribution in [0.5, 0.6) is 0 Å². The van der Waals surface area contributed by atoms with Crippen molar-refractivity contribution in [1.29, 1.82) is 0 Å². The lowest BCUT2D eigenvalue weighted by atomic mass is 9.71. The molecule has 320 valence electrons. The molecule has 10 nitrogen and oxygen atoms in total. The molecule has 0 heterocycles. The van der Waals surface area contributed by atoms with Crippen LogP contribution in [0.3, 0.4) is 0 Å². The lowest BCUT2D eigenvalue weighted by Gasteiger charge is -2.36. The van der Waals surface area contributed by atoms with E-state index in [2.05, 4.69) is 13.8 Å². The first-order valence-corrected chi connectivity index (χ1v) is 19.9. The number of ketones is 2. The lowest BCUT2D eigenvalue weighted by Crippen LogP contribution is -2.39. The van der Waals surface area contributed by atoms with E-state index >= 15 is 0 Å². The van der Waals surface area contributed by atoms with Gasteiger partial charge >= 0.3 is 17.9 Å². The van der Waals surface area contributed by atoms with Gasteiger partial charge in [-0.25, -0.2) is 0 Å². The van der Waals surface area contributed by atoms with Crippen LogP contribution in [0.1, 0.15) is 115 Å². The Balaban J connectivity index is 0.00000268. The zero-order valence-electron chi connectivity index (χ0n) is 36.7. The third-order valence-electron chi connectivity index (χ3n) is 9.77. The Morgan fingerprint density at radius 1 is 0.627 bits per heavy atom. The minimum Gasteiger partial charge on any atom is -0.481 e. The summed E-state index contributed by atoms with van der Waals surface area (Å²) in [5.74, 6) is -2.88. The number of carbonyl (C=O) groups is 6. The highest BCUT2D eigenvalue weighted by molar-refractivity contribution is 6.02. The van der Waals surface area contributed by atoms with Gasteiger partial charge in [-0.3, -0.25) is 28.8 Å². The van der Waals surface area contributed by atoms with E-state index in [1.165, 1.54) is 0 Å². The SMILES string of the molecule is CC1=C(/C=C/C(C)=C/C=C/C(C)=C/C=C/C=C(C)/C=C/C=C(C)/C=C/C2=C(C)C(=O)C(OC(=O)CCC(=O)O)CC2(C)C)C(C)(C)CC(OC=O)C1=O.CCCC(=O)O. The molecule has 0 spiro atoms. The molecule has 0 aliphatic heterocycles. The number of ether oxygens (including phenoxy) is 2. The minimum atomic E-state index is -1.09. The van der Waals surface area contributed by atoms with E-state index in [4.69, 9.17) is 19.7 Å². The molecule has 2 aliphatic rings. The van der Waals surface area contributed by atoms with Gasteiger partial charge in [-0.05, 0) is 81.1 Å². The number of allylic oxidation sites excluding steroid dienone is 20. The van der Waals surface area contributed by atoms with Gasteiger partial charge in [0, 0.05) is 19.3 Å². The van der Waals surface area contributed by atoms with Crippen LogP contribution >= 0.6 is 0 Å². The molecule has 2 N–H and O–H groups in total. The van der Waals surface area contributed by atoms with Crippen LogP contribution in [-0.4, -0.2) is 58.4 Å². The van der Waals surface area contributed by atoms with Crippen molar-refractivity contribution in [3.8, 4) is 0 Å². The molecule has 0 aromatic rings. The van der Waals surface area contributed by atoms with Crippen molar-refractivity contribution in [2.24, 2.45) is 10.8 Å². The van der Waals surface area contributed by atoms with E-state index in [0.717, 1.165) is 39.9 Å². The Morgan fingerprint density at radius 3 is 1.41 bits per heavy atom. The molecular weight excluding hydrogens is 749 g/mol. The van der Waals surface area contributed by atoms with E-state index in [-0.39, 0.29) is 29.8 Å². The van der Waals surface area contributed by atoms with Gasteiger partial charge < -0.3 is 19.7 Å². The summed E-state index contributed by atoms with van der Waals surface area (Å²) >= 11 is 0. The van der Waals surface area contributed by atoms with Crippen LogP contribution in [0.4, 0.5) is 0 Å². The van der Waals surface area contributed by atoms with Gasteiger partial charge in [-0.1, -0.05) is 142 Å². The summed E-state index contributed by atoms with van der Waals surface area (Å²) in [4.78, 5) is 68.8. The third-order valence-corrected chi connectivity index (χ3v) is 9.77. The fourth-order valence-corrected chi connectivity index (χ4v) is 6.48. The molecule has 0 aromatic carbocycles. The summed E-state index contributed by atoms with van der Waals surface area (Å²) in [6, 6.07) is 0. The number of Topliss-reactive ketones (excluding diaryl/α,β-unsaturated/α-hetero) is 2. The Morgan fingerprint density at radius 2 is 1.02 bits per heavy atom. The standard InChI is InChI=1S/C45H56O8.C4H8O2/c1-30(17-13-19-32(3)21-23-36-34(5)42(50)38(52-29-46)27-44(36,7)8)15-11-12-16-31(2)18-14-20-33(4)22-24-37-35(6)43(51)39(28-45(37,9)10)53-41(49)26-25-40(47)48;1-2-3-4(5)6/h11-24,29,38-39H,25-28H2,1-10H3,(H,47,48);2-3H2,1H3,(H,5,6)/b12-11+,17-13+,18-14+,23-21+,24-22+,30-15+,31-16+,32-19+,33-20+;. The van der Waals surface area contributed by atoms with Crippen LogP contribution in [0.2, 0.25) is 0 Å².